The Balaban J connectivity index is 1.82. The maximum absolute atomic E-state index is 11.9. The van der Waals surface area contributed by atoms with E-state index in [1.54, 1.807) is 0 Å². The predicted octanol–water partition coefficient (Wildman–Crippen LogP) is 0.375. The molecule has 1 saturated heterocycles. The number of unbranched alkanes of at least 4 members (excludes halogenated alkanes) is 3. The average molecular weight is 764 g/mol. The van der Waals surface area contributed by atoms with Crippen molar-refractivity contribution < 1.29 is 70.7 Å². The summed E-state index contributed by atoms with van der Waals surface area (Å²) in [6, 6.07) is -0.376. The fraction of sp³-hybridized carbons (Fsp3) is 0.889. The quantitative estimate of drug-likeness (QED) is 0.0308. The smallest absolute Gasteiger partial charge is 0.382 e. The highest BCUT2D eigenvalue weighted by molar-refractivity contribution is 7.99. The van der Waals surface area contributed by atoms with E-state index in [2.05, 4.69) is 20.5 Å². The van der Waals surface area contributed by atoms with Crippen LogP contribution in [-0.4, -0.2) is 143 Å². The minimum absolute atomic E-state index is 0.00470. The zero-order chi connectivity index (χ0) is 36.2. The van der Waals surface area contributed by atoms with Crippen molar-refractivity contribution in [3.05, 3.63) is 0 Å². The van der Waals surface area contributed by atoms with Gasteiger partial charge in [-0.15, -0.1) is 0 Å². The van der Waals surface area contributed by atoms with Gasteiger partial charge in [0.1, 0.15) is 7.85 Å². The molecular formula is C27H52BN3O15P2S. The van der Waals surface area contributed by atoms with Gasteiger partial charge in [-0.3, -0.25) is 28.0 Å². The lowest BCUT2D eigenvalue weighted by atomic mass is 9.97. The maximum atomic E-state index is 11.9. The van der Waals surface area contributed by atoms with Crippen LogP contribution in [0.1, 0.15) is 51.4 Å². The highest BCUT2D eigenvalue weighted by Crippen LogP contribution is 2.43. The minimum atomic E-state index is -4.41. The van der Waals surface area contributed by atoms with Crippen LogP contribution in [0.2, 0.25) is 0 Å². The summed E-state index contributed by atoms with van der Waals surface area (Å²) in [5.74, 6) is 0.0990. The average Bonchev–Trinajstić information content (AvgIpc) is 3.46. The number of carbonyl (C=O) groups excluding carboxylic acids is 3. The number of phosphoric acid groups is 2. The van der Waals surface area contributed by atoms with Gasteiger partial charge >= 0.3 is 15.6 Å². The number of hydrogen-bond acceptors (Lipinski definition) is 13. The number of rotatable bonds is 32. The van der Waals surface area contributed by atoms with E-state index in [4.69, 9.17) is 45.6 Å². The fourth-order valence-electron chi connectivity index (χ4n) is 3.95. The van der Waals surface area contributed by atoms with Gasteiger partial charge in [0.25, 0.3) is 0 Å². The molecule has 22 heteroatoms. The van der Waals surface area contributed by atoms with E-state index in [9.17, 15) is 28.4 Å². The molecule has 3 amide bonds. The third kappa shape index (κ3) is 30.2. The molecule has 2 radical (unpaired) electrons. The van der Waals surface area contributed by atoms with Crippen LogP contribution in [0.15, 0.2) is 0 Å². The summed E-state index contributed by atoms with van der Waals surface area (Å²) in [6.45, 7) is 2.36. The zero-order valence-electron chi connectivity index (χ0n) is 27.8. The first kappa shape index (κ1) is 45.9. The zero-order valence-corrected chi connectivity index (χ0v) is 30.4. The van der Waals surface area contributed by atoms with E-state index in [1.807, 2.05) is 0 Å². The van der Waals surface area contributed by atoms with Crippen molar-refractivity contribution >= 4 is 53.0 Å². The molecule has 3 atom stereocenters. The molecule has 49 heavy (non-hydrogen) atoms. The first-order chi connectivity index (χ1) is 23.4. The molecule has 0 aromatic rings. The van der Waals surface area contributed by atoms with Crippen LogP contribution in [0.4, 0.5) is 0 Å². The number of hydrogen-bond donors (Lipinski definition) is 6. The lowest BCUT2D eigenvalue weighted by Gasteiger charge is -2.15. The SMILES string of the molecule is [B]C1CCC(COP(=O)(O)OCCOCCOCCOCCNC(=O)CCNC(=O)CSCCC(=O)NCCCCCCOP(=O)(O)O)O1. The van der Waals surface area contributed by atoms with E-state index < -0.39 is 15.6 Å². The van der Waals surface area contributed by atoms with Gasteiger partial charge < -0.3 is 49.6 Å². The van der Waals surface area contributed by atoms with E-state index in [0.29, 0.717) is 64.5 Å². The minimum Gasteiger partial charge on any atom is -0.382 e. The van der Waals surface area contributed by atoms with Crippen LogP contribution in [0.25, 0.3) is 0 Å². The molecule has 0 spiro atoms. The number of amides is 3. The van der Waals surface area contributed by atoms with Crippen molar-refractivity contribution in [2.24, 2.45) is 0 Å². The Morgan fingerprint density at radius 3 is 1.98 bits per heavy atom. The summed E-state index contributed by atoms with van der Waals surface area (Å²) in [6.07, 6.45) is 4.21. The summed E-state index contributed by atoms with van der Waals surface area (Å²) >= 11 is 1.32. The van der Waals surface area contributed by atoms with Crippen LogP contribution >= 0.6 is 27.4 Å². The van der Waals surface area contributed by atoms with Crippen LogP contribution in [0, 0.1) is 0 Å². The molecule has 1 heterocycles. The second-order valence-corrected chi connectivity index (χ2v) is 14.4. The van der Waals surface area contributed by atoms with Gasteiger partial charge in [0, 0.05) is 44.2 Å². The molecule has 1 aliphatic heterocycles. The summed E-state index contributed by atoms with van der Waals surface area (Å²) < 4.78 is 57.8. The Hall–Kier alpha value is -1.12. The molecule has 0 saturated carbocycles. The normalized spacial score (nSPS) is 17.4. The van der Waals surface area contributed by atoms with Crippen LogP contribution in [-0.2, 0) is 56.0 Å². The van der Waals surface area contributed by atoms with E-state index in [0.717, 1.165) is 19.3 Å². The van der Waals surface area contributed by atoms with E-state index >= 15 is 0 Å². The highest BCUT2D eigenvalue weighted by atomic mass is 32.2. The molecule has 0 aliphatic carbocycles. The number of nitrogens with one attached hydrogen (secondary N) is 3. The molecule has 0 aromatic heterocycles. The van der Waals surface area contributed by atoms with Gasteiger partial charge in [0.05, 0.1) is 71.3 Å². The van der Waals surface area contributed by atoms with Crippen molar-refractivity contribution in [3.63, 3.8) is 0 Å². The Bertz CT molecular complexity index is 1020. The molecule has 0 aromatic carbocycles. The summed E-state index contributed by atoms with van der Waals surface area (Å²) in [5, 5.41) is 8.15. The summed E-state index contributed by atoms with van der Waals surface area (Å²) in [7, 11) is -3.00. The Labute approximate surface area is 293 Å². The topological polar surface area (TPSA) is 247 Å². The van der Waals surface area contributed by atoms with Crippen molar-refractivity contribution in [1.82, 2.24) is 16.0 Å². The highest BCUT2D eigenvalue weighted by Gasteiger charge is 2.27. The van der Waals surface area contributed by atoms with Gasteiger partial charge in [-0.1, -0.05) is 12.8 Å². The summed E-state index contributed by atoms with van der Waals surface area (Å²) in [5.41, 5.74) is 0. The standard InChI is InChI=1S/C27H52BN3O15P2S/c28-24-6-5-23(46-24)21-45-48(38,39)44-19-18-42-17-16-41-15-14-40-13-11-31-25(32)7-10-30-27(34)22-49-20-8-26(33)29-9-3-1-2-4-12-43-47(35,36)37/h23-24H,1-22H2,(H,29,33)(H,30,34)(H,31,32)(H,38,39)(H2,35,36,37). The molecule has 1 aliphatic rings. The molecule has 0 bridgehead atoms. The number of ether oxygens (including phenoxy) is 4. The molecule has 3 unspecified atom stereocenters. The Kier molecular flexibility index (Phi) is 26.7. The lowest BCUT2D eigenvalue weighted by molar-refractivity contribution is -0.122. The monoisotopic (exact) mass is 763 g/mol. The maximum Gasteiger partial charge on any atom is 0.472 e. The second-order valence-electron chi connectivity index (χ2n) is 10.6. The molecule has 6 N–H and O–H groups in total. The van der Waals surface area contributed by atoms with Gasteiger partial charge in [0.2, 0.25) is 17.7 Å². The second kappa shape index (κ2) is 28.5. The first-order valence-corrected chi connectivity index (χ1v) is 20.4. The van der Waals surface area contributed by atoms with E-state index in [-0.39, 0.29) is 88.0 Å². The van der Waals surface area contributed by atoms with Gasteiger partial charge in [-0.2, -0.15) is 11.8 Å². The van der Waals surface area contributed by atoms with Crippen LogP contribution in [0.3, 0.4) is 0 Å². The largest absolute Gasteiger partial charge is 0.472 e. The van der Waals surface area contributed by atoms with Crippen molar-refractivity contribution in [2.45, 2.75) is 63.5 Å². The van der Waals surface area contributed by atoms with E-state index in [1.165, 1.54) is 11.8 Å². The summed E-state index contributed by atoms with van der Waals surface area (Å²) in [4.78, 5) is 62.5. The first-order valence-electron chi connectivity index (χ1n) is 16.2. The van der Waals surface area contributed by atoms with Gasteiger partial charge in [0.15, 0.2) is 0 Å². The Morgan fingerprint density at radius 2 is 1.31 bits per heavy atom. The molecular weight excluding hydrogens is 711 g/mol. The predicted molar refractivity (Wildman–Crippen MR) is 180 cm³/mol. The van der Waals surface area contributed by atoms with Crippen molar-refractivity contribution in [2.75, 3.05) is 90.6 Å². The molecule has 284 valence electrons. The third-order valence-corrected chi connectivity index (χ3v) is 8.85. The van der Waals surface area contributed by atoms with Crippen LogP contribution in [0.5, 0.6) is 0 Å². The lowest BCUT2D eigenvalue weighted by Crippen LogP contribution is -2.33. The van der Waals surface area contributed by atoms with Gasteiger partial charge in [-0.25, -0.2) is 9.13 Å². The van der Waals surface area contributed by atoms with Crippen molar-refractivity contribution in [3.8, 4) is 0 Å². The van der Waals surface area contributed by atoms with Crippen LogP contribution < -0.4 is 16.0 Å². The third-order valence-electron chi connectivity index (χ3n) is 6.39. The Morgan fingerprint density at radius 1 is 0.694 bits per heavy atom. The molecule has 1 rings (SSSR count). The molecule has 1 fully saturated rings. The number of phosphoric ester groups is 2. The van der Waals surface area contributed by atoms with Gasteiger partial charge in [-0.05, 0) is 25.7 Å². The van der Waals surface area contributed by atoms with Crippen molar-refractivity contribution in [1.29, 1.82) is 0 Å². The fourth-order valence-corrected chi connectivity index (χ4v) is 5.81. The number of thioether (sulfide) groups is 1. The molecule has 18 nitrogen and oxygen atoms in total. The number of carbonyl (C=O) groups is 3.